The van der Waals surface area contributed by atoms with E-state index in [1.54, 1.807) is 12.1 Å². The summed E-state index contributed by atoms with van der Waals surface area (Å²) in [5, 5.41) is 0. The first kappa shape index (κ1) is 13.3. The van der Waals surface area contributed by atoms with E-state index >= 15 is 0 Å². The summed E-state index contributed by atoms with van der Waals surface area (Å²) in [4.78, 5) is -0.0384. The second-order valence-electron chi connectivity index (χ2n) is 4.55. The average molecular weight is 386 g/mol. The lowest BCUT2D eigenvalue weighted by atomic mass is 10.0. The minimum Gasteiger partial charge on any atom is -0.372 e. The minimum absolute atomic E-state index is 0.0384. The lowest BCUT2D eigenvalue weighted by Gasteiger charge is -2.14. The van der Waals surface area contributed by atoms with E-state index in [0.29, 0.717) is 13.2 Å². The third kappa shape index (κ3) is 2.62. The van der Waals surface area contributed by atoms with Crippen molar-refractivity contribution in [1.82, 2.24) is 0 Å². The Bertz CT molecular complexity index is 628. The fraction of sp³-hybridized carbons (Fsp3) is 0.200. The van der Waals surface area contributed by atoms with Gasteiger partial charge in [-0.05, 0) is 40.5 Å². The maximum Gasteiger partial charge on any atom is 0.123 e. The predicted octanol–water partition coefficient (Wildman–Crippen LogP) is 5.10. The van der Waals surface area contributed by atoms with Gasteiger partial charge in [0.2, 0.25) is 0 Å². The molecule has 4 heteroatoms. The van der Waals surface area contributed by atoms with E-state index in [1.807, 2.05) is 0 Å². The number of ether oxygens (including phenoxy) is 1. The number of hydrogen-bond acceptors (Lipinski definition) is 1. The van der Waals surface area contributed by atoms with Crippen LogP contribution >= 0.6 is 31.9 Å². The highest BCUT2D eigenvalue weighted by molar-refractivity contribution is 9.11. The Morgan fingerprint density at radius 2 is 1.84 bits per heavy atom. The first-order chi connectivity index (χ1) is 9.15. The number of fused-ring (bicyclic) bond motifs is 1. The molecule has 0 saturated carbocycles. The standard InChI is InChI=1S/C15H11Br2FO/c16-14-4-3-12(18)6-13(14)15(17)9-1-2-10-7-19-8-11(10)5-9/h1-6,15H,7-8H2. The third-order valence-corrected chi connectivity index (χ3v) is 5.01. The summed E-state index contributed by atoms with van der Waals surface area (Å²) < 4.78 is 19.7. The molecule has 0 radical (unpaired) electrons. The Balaban J connectivity index is 1.99. The van der Waals surface area contributed by atoms with Crippen LogP contribution in [0.15, 0.2) is 40.9 Å². The van der Waals surface area contributed by atoms with Gasteiger partial charge >= 0.3 is 0 Å². The van der Waals surface area contributed by atoms with E-state index in [1.165, 1.54) is 17.2 Å². The van der Waals surface area contributed by atoms with Crippen LogP contribution in [-0.4, -0.2) is 0 Å². The van der Waals surface area contributed by atoms with Crippen LogP contribution in [0.3, 0.4) is 0 Å². The summed E-state index contributed by atoms with van der Waals surface area (Å²) >= 11 is 7.12. The second kappa shape index (κ2) is 5.35. The highest BCUT2D eigenvalue weighted by Crippen LogP contribution is 2.37. The smallest absolute Gasteiger partial charge is 0.123 e. The van der Waals surface area contributed by atoms with Gasteiger partial charge in [-0.3, -0.25) is 0 Å². The maximum atomic E-state index is 13.4. The average Bonchev–Trinajstić information content (AvgIpc) is 2.88. The van der Waals surface area contributed by atoms with Crippen molar-refractivity contribution in [3.8, 4) is 0 Å². The Kier molecular flexibility index (Phi) is 3.74. The molecule has 1 nitrogen and oxygen atoms in total. The summed E-state index contributed by atoms with van der Waals surface area (Å²) in [6.07, 6.45) is 0. The summed E-state index contributed by atoms with van der Waals surface area (Å²) in [7, 11) is 0. The number of rotatable bonds is 2. The van der Waals surface area contributed by atoms with Gasteiger partial charge < -0.3 is 4.74 Å². The van der Waals surface area contributed by atoms with Crippen LogP contribution < -0.4 is 0 Å². The highest BCUT2D eigenvalue weighted by atomic mass is 79.9. The van der Waals surface area contributed by atoms with Gasteiger partial charge in [0.1, 0.15) is 5.82 Å². The number of hydrogen-bond donors (Lipinski definition) is 0. The van der Waals surface area contributed by atoms with Crippen molar-refractivity contribution in [2.75, 3.05) is 0 Å². The monoisotopic (exact) mass is 384 g/mol. The van der Waals surface area contributed by atoms with Crippen molar-refractivity contribution in [2.45, 2.75) is 18.0 Å². The highest BCUT2D eigenvalue weighted by Gasteiger charge is 2.18. The molecular weight excluding hydrogens is 375 g/mol. The van der Waals surface area contributed by atoms with Crippen LogP contribution in [0.5, 0.6) is 0 Å². The zero-order valence-corrected chi connectivity index (χ0v) is 13.2. The maximum absolute atomic E-state index is 13.4. The minimum atomic E-state index is -0.229. The van der Waals surface area contributed by atoms with Gasteiger partial charge in [0.15, 0.2) is 0 Å². The van der Waals surface area contributed by atoms with Crippen LogP contribution in [0.1, 0.15) is 27.1 Å². The van der Waals surface area contributed by atoms with E-state index in [-0.39, 0.29) is 10.6 Å². The Morgan fingerprint density at radius 3 is 2.68 bits per heavy atom. The molecule has 0 aliphatic carbocycles. The Morgan fingerprint density at radius 1 is 1.05 bits per heavy atom. The normalized spacial score (nSPS) is 15.3. The van der Waals surface area contributed by atoms with Crippen LogP contribution in [0.25, 0.3) is 0 Å². The first-order valence-electron chi connectivity index (χ1n) is 5.93. The predicted molar refractivity (Wildman–Crippen MR) is 79.8 cm³/mol. The van der Waals surface area contributed by atoms with Crippen molar-refractivity contribution in [3.63, 3.8) is 0 Å². The van der Waals surface area contributed by atoms with Crippen molar-refractivity contribution >= 4 is 31.9 Å². The fourth-order valence-corrected chi connectivity index (χ4v) is 3.68. The molecule has 1 unspecified atom stereocenters. The van der Waals surface area contributed by atoms with Gasteiger partial charge in [-0.2, -0.15) is 0 Å². The van der Waals surface area contributed by atoms with Crippen molar-refractivity contribution in [3.05, 3.63) is 68.9 Å². The molecule has 3 rings (SSSR count). The number of alkyl halides is 1. The first-order valence-corrected chi connectivity index (χ1v) is 7.64. The zero-order valence-electron chi connectivity index (χ0n) is 10.00. The second-order valence-corrected chi connectivity index (χ2v) is 6.32. The van der Waals surface area contributed by atoms with E-state index < -0.39 is 0 Å². The Hall–Kier alpha value is -0.710. The third-order valence-electron chi connectivity index (χ3n) is 3.27. The molecule has 2 aromatic rings. The molecule has 19 heavy (non-hydrogen) atoms. The van der Waals surface area contributed by atoms with Crippen molar-refractivity contribution in [1.29, 1.82) is 0 Å². The number of halogens is 3. The summed E-state index contributed by atoms with van der Waals surface area (Å²) in [5.74, 6) is -0.229. The molecule has 1 aliphatic heterocycles. The molecule has 0 fully saturated rings. The van der Waals surface area contributed by atoms with Gasteiger partial charge in [-0.25, -0.2) is 4.39 Å². The molecule has 0 saturated heterocycles. The molecule has 0 bridgehead atoms. The van der Waals surface area contributed by atoms with Gasteiger partial charge in [0, 0.05) is 4.47 Å². The van der Waals surface area contributed by atoms with Crippen LogP contribution in [0.4, 0.5) is 4.39 Å². The van der Waals surface area contributed by atoms with Crippen molar-refractivity contribution < 1.29 is 9.13 Å². The molecule has 0 amide bonds. The lowest BCUT2D eigenvalue weighted by molar-refractivity contribution is 0.134. The van der Waals surface area contributed by atoms with E-state index in [9.17, 15) is 4.39 Å². The molecule has 2 aromatic carbocycles. The summed E-state index contributed by atoms with van der Waals surface area (Å²) in [5.41, 5.74) is 4.45. The zero-order chi connectivity index (χ0) is 13.4. The van der Waals surface area contributed by atoms with E-state index in [4.69, 9.17) is 4.74 Å². The molecule has 0 aromatic heterocycles. The molecule has 98 valence electrons. The SMILES string of the molecule is Fc1ccc(Br)c(C(Br)c2ccc3c(c2)COC3)c1. The largest absolute Gasteiger partial charge is 0.372 e. The van der Waals surface area contributed by atoms with E-state index in [2.05, 4.69) is 50.1 Å². The van der Waals surface area contributed by atoms with Crippen LogP contribution in [0.2, 0.25) is 0 Å². The van der Waals surface area contributed by atoms with E-state index in [0.717, 1.165) is 15.6 Å². The van der Waals surface area contributed by atoms with Gasteiger partial charge in [0.25, 0.3) is 0 Å². The summed E-state index contributed by atoms with van der Waals surface area (Å²) in [6, 6.07) is 11.0. The van der Waals surface area contributed by atoms with Crippen molar-refractivity contribution in [2.24, 2.45) is 0 Å². The summed E-state index contributed by atoms with van der Waals surface area (Å²) in [6.45, 7) is 1.35. The number of benzene rings is 2. The molecule has 1 heterocycles. The topological polar surface area (TPSA) is 9.23 Å². The van der Waals surface area contributed by atoms with Gasteiger partial charge in [-0.1, -0.05) is 50.1 Å². The lowest BCUT2D eigenvalue weighted by Crippen LogP contribution is -1.97. The molecule has 1 aliphatic rings. The van der Waals surface area contributed by atoms with Crippen LogP contribution in [0, 0.1) is 5.82 Å². The van der Waals surface area contributed by atoms with Gasteiger partial charge in [-0.15, -0.1) is 0 Å². The molecular formula is C15H11Br2FO. The quantitative estimate of drug-likeness (QED) is 0.653. The molecule has 0 N–H and O–H groups in total. The fourth-order valence-electron chi connectivity index (χ4n) is 2.24. The van der Waals surface area contributed by atoms with Crippen LogP contribution in [-0.2, 0) is 18.0 Å². The molecule has 1 atom stereocenters. The Labute approximate surface area is 128 Å². The molecule has 0 spiro atoms. The van der Waals surface area contributed by atoms with Gasteiger partial charge in [0.05, 0.1) is 18.0 Å².